The highest BCUT2D eigenvalue weighted by atomic mass is 35.5. The topological polar surface area (TPSA) is 70.1 Å². The molecule has 1 aliphatic carbocycles. The van der Waals surface area contributed by atoms with Crippen LogP contribution >= 0.6 is 46.6 Å². The summed E-state index contributed by atoms with van der Waals surface area (Å²) >= 11 is 20.4. The van der Waals surface area contributed by atoms with Crippen molar-refractivity contribution in [3.63, 3.8) is 0 Å². The fraction of sp³-hybridized carbons (Fsp3) is 0.273. The number of rotatable bonds is 5. The van der Waals surface area contributed by atoms with Crippen LogP contribution in [-0.4, -0.2) is 5.78 Å². The molecule has 0 saturated heterocycles. The number of hydrogen-bond donors (Lipinski definition) is 1. The Hall–Kier alpha value is -2.88. The van der Waals surface area contributed by atoms with Gasteiger partial charge in [-0.15, -0.1) is 11.8 Å². The molecule has 2 N–H and O–H groups in total. The van der Waals surface area contributed by atoms with Crippen LogP contribution in [0.25, 0.3) is 0 Å². The SMILES string of the molecule is Cc1cc(CSc2ccc(Cl)cc2)c(C)c(C2C(C#N)=C(N)N(c3ccc(Cl)c(Cl)c3)C3=C2C(=O)CC(C)(C)C3)c1. The number of ketones is 1. The Morgan fingerprint density at radius 3 is 2.39 bits per heavy atom. The molecule has 8 heteroatoms. The molecule has 0 spiro atoms. The van der Waals surface area contributed by atoms with E-state index in [0.717, 1.165) is 38.6 Å². The summed E-state index contributed by atoms with van der Waals surface area (Å²) in [6, 6.07) is 19.7. The second kappa shape index (κ2) is 11.4. The van der Waals surface area contributed by atoms with Gasteiger partial charge in [0.05, 0.1) is 27.6 Å². The van der Waals surface area contributed by atoms with Crippen molar-refractivity contribution < 1.29 is 4.79 Å². The summed E-state index contributed by atoms with van der Waals surface area (Å²) in [5.41, 5.74) is 13.2. The highest BCUT2D eigenvalue weighted by molar-refractivity contribution is 7.98. The molecular weight excluding hydrogens is 593 g/mol. The van der Waals surface area contributed by atoms with Crippen LogP contribution in [0.5, 0.6) is 0 Å². The second-order valence-corrected chi connectivity index (χ2v) is 13.8. The van der Waals surface area contributed by atoms with Gasteiger partial charge in [-0.05, 0) is 84.8 Å². The van der Waals surface area contributed by atoms with Gasteiger partial charge in [-0.2, -0.15) is 5.26 Å². The van der Waals surface area contributed by atoms with E-state index >= 15 is 0 Å². The van der Waals surface area contributed by atoms with Crippen LogP contribution in [0.3, 0.4) is 0 Å². The predicted octanol–water partition coefficient (Wildman–Crippen LogP) is 9.50. The second-order valence-electron chi connectivity index (χ2n) is 11.5. The Balaban J connectivity index is 1.67. The van der Waals surface area contributed by atoms with Gasteiger partial charge >= 0.3 is 0 Å². The van der Waals surface area contributed by atoms with Gasteiger partial charge in [-0.3, -0.25) is 9.69 Å². The third-order valence-corrected chi connectivity index (χ3v) is 9.81. The molecule has 0 fully saturated rings. The van der Waals surface area contributed by atoms with E-state index in [-0.39, 0.29) is 11.2 Å². The van der Waals surface area contributed by atoms with Gasteiger partial charge in [0.15, 0.2) is 5.78 Å². The van der Waals surface area contributed by atoms with Gasteiger partial charge in [0.25, 0.3) is 0 Å². The molecule has 1 aliphatic heterocycles. The summed E-state index contributed by atoms with van der Waals surface area (Å²) in [5.74, 6) is 0.512. The number of aryl methyl sites for hydroxylation is 1. The Bertz CT molecular complexity index is 1670. The number of hydrogen-bond acceptors (Lipinski definition) is 5. The van der Waals surface area contributed by atoms with Crippen LogP contribution in [0, 0.1) is 30.6 Å². The Kier molecular flexibility index (Phi) is 8.25. The standard InChI is InChI=1S/C33H30Cl3N3OS/c1-18-11-20(17-41-23-8-5-21(34)6-9-23)19(2)24(12-18)30-25(16-37)32(38)39(22-7-10-26(35)27(36)13-22)28-14-33(3,4)15-29(40)31(28)30/h5-13,30H,14-15,17,38H2,1-4H3. The van der Waals surface area contributed by atoms with Crippen molar-refractivity contribution in [3.05, 3.63) is 115 Å². The van der Waals surface area contributed by atoms with Crippen LogP contribution in [0.1, 0.15) is 54.9 Å². The number of benzene rings is 3. The summed E-state index contributed by atoms with van der Waals surface area (Å²) in [4.78, 5) is 16.9. The maximum Gasteiger partial charge on any atom is 0.162 e. The van der Waals surface area contributed by atoms with E-state index in [0.29, 0.717) is 50.6 Å². The van der Waals surface area contributed by atoms with Gasteiger partial charge in [-0.1, -0.05) is 66.3 Å². The van der Waals surface area contributed by atoms with E-state index in [1.807, 2.05) is 42.2 Å². The number of carbonyl (C=O) groups excluding carboxylic acids is 1. The predicted molar refractivity (Wildman–Crippen MR) is 170 cm³/mol. The summed E-state index contributed by atoms with van der Waals surface area (Å²) in [6.07, 6.45) is 1.01. The molecule has 0 amide bonds. The van der Waals surface area contributed by atoms with Crippen molar-refractivity contribution in [1.82, 2.24) is 0 Å². The average Bonchev–Trinajstić information content (AvgIpc) is 2.90. The number of nitrogens with zero attached hydrogens (tertiary/aromatic N) is 2. The lowest BCUT2D eigenvalue weighted by atomic mass is 9.68. The number of carbonyl (C=O) groups is 1. The van der Waals surface area contributed by atoms with E-state index in [4.69, 9.17) is 40.5 Å². The molecule has 0 radical (unpaired) electrons. The molecule has 0 saturated carbocycles. The van der Waals surface area contributed by atoms with E-state index in [9.17, 15) is 10.1 Å². The third kappa shape index (κ3) is 5.76. The summed E-state index contributed by atoms with van der Waals surface area (Å²) in [6.45, 7) is 8.28. The minimum Gasteiger partial charge on any atom is -0.384 e. The maximum atomic E-state index is 14.0. The lowest BCUT2D eigenvalue weighted by Crippen LogP contribution is -2.42. The van der Waals surface area contributed by atoms with Gasteiger partial charge in [0.1, 0.15) is 5.82 Å². The maximum absolute atomic E-state index is 14.0. The zero-order chi connectivity index (χ0) is 29.6. The number of allylic oxidation sites excluding steroid dienone is 3. The number of Topliss-reactive ketones (excluding diaryl/α,β-unsaturated/α-hetero) is 1. The molecule has 210 valence electrons. The molecule has 3 aromatic carbocycles. The summed E-state index contributed by atoms with van der Waals surface area (Å²) in [5, 5.41) is 12.0. The van der Waals surface area contributed by atoms with Gasteiger partial charge < -0.3 is 5.73 Å². The van der Waals surface area contributed by atoms with E-state index < -0.39 is 5.92 Å². The Morgan fingerprint density at radius 2 is 1.73 bits per heavy atom. The molecule has 0 aromatic heterocycles. The smallest absolute Gasteiger partial charge is 0.162 e. The van der Waals surface area contributed by atoms with Crippen molar-refractivity contribution >= 4 is 58.0 Å². The van der Waals surface area contributed by atoms with Crippen LogP contribution in [0.2, 0.25) is 15.1 Å². The Labute approximate surface area is 260 Å². The molecule has 1 unspecified atom stereocenters. The van der Waals surface area contributed by atoms with E-state index in [1.54, 1.807) is 23.9 Å². The minimum absolute atomic E-state index is 0.0320. The molecule has 1 heterocycles. The quantitative estimate of drug-likeness (QED) is 0.287. The molecule has 0 bridgehead atoms. The van der Waals surface area contributed by atoms with Gasteiger partial charge in [0, 0.05) is 39.0 Å². The van der Waals surface area contributed by atoms with E-state index in [2.05, 4.69) is 39.0 Å². The third-order valence-electron chi connectivity index (χ3n) is 7.76. The first-order chi connectivity index (χ1) is 19.4. The van der Waals surface area contributed by atoms with Crippen molar-refractivity contribution in [1.29, 1.82) is 5.26 Å². The average molecular weight is 623 g/mol. The van der Waals surface area contributed by atoms with Crippen LogP contribution < -0.4 is 10.6 Å². The fourth-order valence-corrected chi connectivity index (χ4v) is 7.21. The van der Waals surface area contributed by atoms with Crippen molar-refractivity contribution in [2.45, 2.75) is 57.1 Å². The van der Waals surface area contributed by atoms with Crippen LogP contribution in [0.4, 0.5) is 5.69 Å². The van der Waals surface area contributed by atoms with Gasteiger partial charge in [-0.25, -0.2) is 0 Å². The van der Waals surface area contributed by atoms with Crippen LogP contribution in [0.15, 0.2) is 82.2 Å². The largest absolute Gasteiger partial charge is 0.384 e. The number of nitriles is 1. The molecule has 41 heavy (non-hydrogen) atoms. The molecule has 4 nitrogen and oxygen atoms in total. The molecule has 2 aliphatic rings. The zero-order valence-electron chi connectivity index (χ0n) is 23.3. The normalized spacial score (nSPS) is 18.4. The number of thioether (sulfide) groups is 1. The number of anilines is 1. The first kappa shape index (κ1) is 29.6. The molecule has 3 aromatic rings. The number of nitrogens with two attached hydrogens (primary N) is 1. The molecular formula is C33H30Cl3N3OS. The summed E-state index contributed by atoms with van der Waals surface area (Å²) in [7, 11) is 0. The fourth-order valence-electron chi connectivity index (χ4n) is 5.84. The Morgan fingerprint density at radius 1 is 1.02 bits per heavy atom. The van der Waals surface area contributed by atoms with Crippen molar-refractivity contribution in [2.75, 3.05) is 4.90 Å². The summed E-state index contributed by atoms with van der Waals surface area (Å²) < 4.78 is 0. The zero-order valence-corrected chi connectivity index (χ0v) is 26.4. The molecule has 5 rings (SSSR count). The van der Waals surface area contributed by atoms with Crippen molar-refractivity contribution in [2.24, 2.45) is 11.1 Å². The molecule has 1 atom stereocenters. The van der Waals surface area contributed by atoms with E-state index in [1.165, 1.54) is 0 Å². The number of halogens is 3. The lowest BCUT2D eigenvalue weighted by molar-refractivity contribution is -0.118. The lowest BCUT2D eigenvalue weighted by Gasteiger charge is -2.44. The monoisotopic (exact) mass is 621 g/mol. The van der Waals surface area contributed by atoms with Gasteiger partial charge in [0.2, 0.25) is 0 Å². The highest BCUT2D eigenvalue weighted by Crippen LogP contribution is 2.51. The first-order valence-electron chi connectivity index (χ1n) is 13.3. The van der Waals surface area contributed by atoms with Crippen molar-refractivity contribution in [3.8, 4) is 6.07 Å². The minimum atomic E-state index is -0.559. The highest BCUT2D eigenvalue weighted by Gasteiger charge is 2.45. The van der Waals surface area contributed by atoms with Crippen LogP contribution in [-0.2, 0) is 10.5 Å². The first-order valence-corrected chi connectivity index (χ1v) is 15.4.